The minimum Gasteiger partial charge on any atom is -0.491 e. The largest absolute Gasteiger partial charge is 0.491 e. The normalized spacial score (nSPS) is 11.4. The summed E-state index contributed by atoms with van der Waals surface area (Å²) in [4.78, 5) is 13.7. The van der Waals surface area contributed by atoms with E-state index in [-0.39, 0.29) is 23.5 Å². The first-order valence-electron chi connectivity index (χ1n) is 7.87. The SMILES string of the molecule is CC(C)Oc1ccc(S(=O)(=O)NCC(=O)N(C)c2ccccc2)cc1. The molecule has 0 fully saturated rings. The van der Waals surface area contributed by atoms with Gasteiger partial charge in [0.1, 0.15) is 5.75 Å². The van der Waals surface area contributed by atoms with Crippen molar-refractivity contribution in [2.45, 2.75) is 24.8 Å². The number of hydrogen-bond acceptors (Lipinski definition) is 4. The standard InChI is InChI=1S/C18H22N2O4S/c1-14(2)24-16-9-11-17(12-10-16)25(22,23)19-13-18(21)20(3)15-7-5-4-6-8-15/h4-12,14,19H,13H2,1-3H3. The Morgan fingerprint density at radius 1 is 1.08 bits per heavy atom. The average Bonchev–Trinajstić information content (AvgIpc) is 2.60. The second-order valence-corrected chi connectivity index (χ2v) is 7.52. The zero-order valence-electron chi connectivity index (χ0n) is 14.5. The Morgan fingerprint density at radius 3 is 2.24 bits per heavy atom. The van der Waals surface area contributed by atoms with Crippen LogP contribution in [0.1, 0.15) is 13.8 Å². The van der Waals surface area contributed by atoms with Crippen molar-refractivity contribution in [3.63, 3.8) is 0 Å². The van der Waals surface area contributed by atoms with Crippen LogP contribution in [0.15, 0.2) is 59.5 Å². The molecule has 0 saturated heterocycles. The molecule has 0 saturated carbocycles. The van der Waals surface area contributed by atoms with Crippen LogP contribution in [0.3, 0.4) is 0 Å². The fourth-order valence-corrected chi connectivity index (χ4v) is 3.10. The second-order valence-electron chi connectivity index (χ2n) is 5.75. The highest BCUT2D eigenvalue weighted by molar-refractivity contribution is 7.89. The smallest absolute Gasteiger partial charge is 0.241 e. The third-order valence-corrected chi connectivity index (χ3v) is 4.85. The number of rotatable bonds is 7. The summed E-state index contributed by atoms with van der Waals surface area (Å²) in [5.41, 5.74) is 0.696. The van der Waals surface area contributed by atoms with Gasteiger partial charge in [0.25, 0.3) is 0 Å². The van der Waals surface area contributed by atoms with E-state index in [4.69, 9.17) is 4.74 Å². The number of nitrogens with one attached hydrogen (secondary N) is 1. The fourth-order valence-electron chi connectivity index (χ4n) is 2.12. The summed E-state index contributed by atoms with van der Waals surface area (Å²) in [5.74, 6) is 0.239. The van der Waals surface area contributed by atoms with E-state index in [0.717, 1.165) is 0 Å². The molecule has 134 valence electrons. The number of likely N-dealkylation sites (N-methyl/N-ethyl adjacent to an activating group) is 1. The molecule has 0 aromatic heterocycles. The molecular weight excluding hydrogens is 340 g/mol. The van der Waals surface area contributed by atoms with Gasteiger partial charge in [-0.3, -0.25) is 4.79 Å². The van der Waals surface area contributed by atoms with Crippen LogP contribution in [0.2, 0.25) is 0 Å². The van der Waals surface area contributed by atoms with E-state index in [1.165, 1.54) is 17.0 Å². The highest BCUT2D eigenvalue weighted by atomic mass is 32.2. The number of ether oxygens (including phenoxy) is 1. The first kappa shape index (κ1) is 19.0. The Kier molecular flexibility index (Phi) is 6.17. The third kappa shape index (κ3) is 5.30. The first-order valence-corrected chi connectivity index (χ1v) is 9.36. The first-order chi connectivity index (χ1) is 11.8. The van der Waals surface area contributed by atoms with Gasteiger partial charge in [-0.2, -0.15) is 0 Å². The van der Waals surface area contributed by atoms with Crippen LogP contribution >= 0.6 is 0 Å². The Bertz CT molecular complexity index is 803. The molecule has 6 nitrogen and oxygen atoms in total. The van der Waals surface area contributed by atoms with Gasteiger partial charge in [-0.25, -0.2) is 13.1 Å². The summed E-state index contributed by atoms with van der Waals surface area (Å²) in [6.07, 6.45) is 0.00623. The molecule has 2 rings (SSSR count). The van der Waals surface area contributed by atoms with Gasteiger partial charge in [0, 0.05) is 12.7 Å². The minimum absolute atomic E-state index is 0.00623. The van der Waals surface area contributed by atoms with Crippen LogP contribution in [0.25, 0.3) is 0 Å². The van der Waals surface area contributed by atoms with Crippen LogP contribution in [0, 0.1) is 0 Å². The molecule has 0 atom stereocenters. The van der Waals surface area contributed by atoms with E-state index < -0.39 is 10.0 Å². The quantitative estimate of drug-likeness (QED) is 0.821. The van der Waals surface area contributed by atoms with Crippen molar-refractivity contribution in [2.75, 3.05) is 18.5 Å². The Hall–Kier alpha value is -2.38. The van der Waals surface area contributed by atoms with Crippen molar-refractivity contribution >= 4 is 21.6 Å². The highest BCUT2D eigenvalue weighted by Gasteiger charge is 2.18. The van der Waals surface area contributed by atoms with Crippen molar-refractivity contribution in [1.29, 1.82) is 0 Å². The molecule has 0 bridgehead atoms. The van der Waals surface area contributed by atoms with Gasteiger partial charge >= 0.3 is 0 Å². The number of para-hydroxylation sites is 1. The molecule has 0 aliphatic rings. The lowest BCUT2D eigenvalue weighted by atomic mass is 10.3. The van der Waals surface area contributed by atoms with Gasteiger partial charge in [-0.05, 0) is 50.2 Å². The Morgan fingerprint density at radius 2 is 1.68 bits per heavy atom. The van der Waals surface area contributed by atoms with Crippen LogP contribution in [-0.4, -0.2) is 34.0 Å². The number of nitrogens with zero attached hydrogens (tertiary/aromatic N) is 1. The maximum Gasteiger partial charge on any atom is 0.241 e. The van der Waals surface area contributed by atoms with Gasteiger partial charge < -0.3 is 9.64 Å². The topological polar surface area (TPSA) is 75.7 Å². The van der Waals surface area contributed by atoms with Crippen LogP contribution < -0.4 is 14.4 Å². The van der Waals surface area contributed by atoms with E-state index >= 15 is 0 Å². The van der Waals surface area contributed by atoms with Gasteiger partial charge in [-0.15, -0.1) is 0 Å². The third-order valence-electron chi connectivity index (χ3n) is 3.44. The highest BCUT2D eigenvalue weighted by Crippen LogP contribution is 2.17. The summed E-state index contributed by atoms with van der Waals surface area (Å²) in [5, 5.41) is 0. The Balaban J connectivity index is 2.00. The zero-order valence-corrected chi connectivity index (χ0v) is 15.3. The summed E-state index contributed by atoms with van der Waals surface area (Å²) in [6, 6.07) is 15.1. The van der Waals surface area contributed by atoms with Crippen LogP contribution in [0.5, 0.6) is 5.75 Å². The molecule has 0 heterocycles. The lowest BCUT2D eigenvalue weighted by Crippen LogP contribution is -2.38. The van der Waals surface area contributed by atoms with E-state index in [1.807, 2.05) is 32.0 Å². The number of amides is 1. The molecule has 0 aliphatic carbocycles. The predicted molar refractivity (Wildman–Crippen MR) is 97.2 cm³/mol. The zero-order chi connectivity index (χ0) is 18.4. The number of hydrogen-bond donors (Lipinski definition) is 1. The minimum atomic E-state index is -3.77. The summed E-state index contributed by atoms with van der Waals surface area (Å²) in [7, 11) is -2.17. The van der Waals surface area contributed by atoms with E-state index in [1.54, 1.807) is 31.3 Å². The summed E-state index contributed by atoms with van der Waals surface area (Å²) in [6.45, 7) is 3.46. The molecule has 0 unspecified atom stereocenters. The number of carbonyl (C=O) groups is 1. The number of anilines is 1. The van der Waals surface area contributed by atoms with Gasteiger partial charge in [0.2, 0.25) is 15.9 Å². The number of benzene rings is 2. The van der Waals surface area contributed by atoms with Crippen LogP contribution in [-0.2, 0) is 14.8 Å². The maximum atomic E-state index is 12.3. The van der Waals surface area contributed by atoms with E-state index in [9.17, 15) is 13.2 Å². The predicted octanol–water partition coefficient (Wildman–Crippen LogP) is 2.42. The monoisotopic (exact) mass is 362 g/mol. The molecule has 2 aromatic rings. The average molecular weight is 362 g/mol. The van der Waals surface area contributed by atoms with Crippen molar-refractivity contribution in [3.8, 4) is 5.75 Å². The van der Waals surface area contributed by atoms with Crippen LogP contribution in [0.4, 0.5) is 5.69 Å². The lowest BCUT2D eigenvalue weighted by Gasteiger charge is -2.17. The van der Waals surface area contributed by atoms with Gasteiger partial charge in [0.15, 0.2) is 0 Å². The van der Waals surface area contributed by atoms with E-state index in [0.29, 0.717) is 11.4 Å². The molecule has 0 aliphatic heterocycles. The fraction of sp³-hybridized carbons (Fsp3) is 0.278. The molecule has 1 N–H and O–H groups in total. The van der Waals surface area contributed by atoms with E-state index in [2.05, 4.69) is 4.72 Å². The van der Waals surface area contributed by atoms with Crippen molar-refractivity contribution in [2.24, 2.45) is 0 Å². The molecular formula is C18H22N2O4S. The number of sulfonamides is 1. The summed E-state index contributed by atoms with van der Waals surface area (Å²) >= 11 is 0. The maximum absolute atomic E-state index is 12.3. The second kappa shape index (κ2) is 8.13. The Labute approximate surface area is 148 Å². The van der Waals surface area contributed by atoms with Gasteiger partial charge in [-0.1, -0.05) is 18.2 Å². The molecule has 0 radical (unpaired) electrons. The van der Waals surface area contributed by atoms with Crippen molar-refractivity contribution < 1.29 is 17.9 Å². The molecule has 2 aromatic carbocycles. The summed E-state index contributed by atoms with van der Waals surface area (Å²) < 4.78 is 32.4. The molecule has 1 amide bonds. The molecule has 25 heavy (non-hydrogen) atoms. The van der Waals surface area contributed by atoms with Gasteiger partial charge in [0.05, 0.1) is 17.5 Å². The molecule has 7 heteroatoms. The number of carbonyl (C=O) groups excluding carboxylic acids is 1. The lowest BCUT2D eigenvalue weighted by molar-refractivity contribution is -0.117. The molecule has 0 spiro atoms. The van der Waals surface area contributed by atoms with Crippen molar-refractivity contribution in [1.82, 2.24) is 4.72 Å². The van der Waals surface area contributed by atoms with Crippen molar-refractivity contribution in [3.05, 3.63) is 54.6 Å².